The van der Waals surface area contributed by atoms with Gasteiger partial charge in [-0.1, -0.05) is 0 Å². The highest BCUT2D eigenvalue weighted by Crippen LogP contribution is 2.24. The first kappa shape index (κ1) is 10.8. The largest absolute Gasteiger partial charge is 0.330 e. The van der Waals surface area contributed by atoms with Gasteiger partial charge in [0.05, 0.1) is 11.9 Å². The molecule has 2 aromatic rings. The van der Waals surface area contributed by atoms with E-state index in [-0.39, 0.29) is 0 Å². The predicted octanol–water partition coefficient (Wildman–Crippen LogP) is 1.86. The summed E-state index contributed by atoms with van der Waals surface area (Å²) in [6.07, 6.45) is 2.20. The number of rotatable bonds is 3. The molecule has 0 atom stereocenters. The summed E-state index contributed by atoms with van der Waals surface area (Å²) in [6.45, 7) is 0.454. The SMILES string of the molecule is NCCc1cn[nH]c1-c1ccc(F)cc1F. The fourth-order valence-corrected chi connectivity index (χ4v) is 1.58. The highest BCUT2D eigenvalue weighted by Gasteiger charge is 2.12. The zero-order valence-electron chi connectivity index (χ0n) is 8.50. The lowest BCUT2D eigenvalue weighted by Gasteiger charge is -2.03. The minimum absolute atomic E-state index is 0.308. The van der Waals surface area contributed by atoms with Crippen molar-refractivity contribution in [2.75, 3.05) is 6.54 Å². The van der Waals surface area contributed by atoms with E-state index in [1.165, 1.54) is 12.1 Å². The molecule has 3 N–H and O–H groups in total. The minimum atomic E-state index is -0.609. The van der Waals surface area contributed by atoms with Crippen molar-refractivity contribution in [3.8, 4) is 11.3 Å². The third-order valence-electron chi connectivity index (χ3n) is 2.33. The Hall–Kier alpha value is -1.75. The van der Waals surface area contributed by atoms with Crippen LogP contribution in [0.15, 0.2) is 24.4 Å². The predicted molar refractivity (Wildman–Crippen MR) is 56.7 cm³/mol. The van der Waals surface area contributed by atoms with Crippen LogP contribution in [0.1, 0.15) is 5.56 Å². The summed E-state index contributed by atoms with van der Waals surface area (Å²) in [4.78, 5) is 0. The summed E-state index contributed by atoms with van der Waals surface area (Å²) < 4.78 is 26.3. The highest BCUT2D eigenvalue weighted by molar-refractivity contribution is 5.63. The zero-order valence-corrected chi connectivity index (χ0v) is 8.50. The Morgan fingerprint density at radius 3 is 2.81 bits per heavy atom. The maximum absolute atomic E-state index is 13.5. The van der Waals surface area contributed by atoms with Crippen molar-refractivity contribution in [3.63, 3.8) is 0 Å². The van der Waals surface area contributed by atoms with E-state index >= 15 is 0 Å². The van der Waals surface area contributed by atoms with Crippen LogP contribution in [0.25, 0.3) is 11.3 Å². The summed E-state index contributed by atoms with van der Waals surface area (Å²) in [5.74, 6) is -1.20. The molecule has 0 fully saturated rings. The van der Waals surface area contributed by atoms with Crippen LogP contribution in [-0.4, -0.2) is 16.7 Å². The fourth-order valence-electron chi connectivity index (χ4n) is 1.58. The lowest BCUT2D eigenvalue weighted by atomic mass is 10.1. The Labute approximate surface area is 91.3 Å². The van der Waals surface area contributed by atoms with Gasteiger partial charge >= 0.3 is 0 Å². The van der Waals surface area contributed by atoms with Gasteiger partial charge in [-0.05, 0) is 30.7 Å². The van der Waals surface area contributed by atoms with Gasteiger partial charge in [-0.3, -0.25) is 5.10 Å². The topological polar surface area (TPSA) is 54.7 Å². The third-order valence-corrected chi connectivity index (χ3v) is 2.33. The molecule has 0 saturated carbocycles. The maximum Gasteiger partial charge on any atom is 0.135 e. The van der Waals surface area contributed by atoms with E-state index < -0.39 is 11.6 Å². The van der Waals surface area contributed by atoms with Gasteiger partial charge in [0.2, 0.25) is 0 Å². The number of nitrogens with two attached hydrogens (primary N) is 1. The highest BCUT2D eigenvalue weighted by atomic mass is 19.1. The van der Waals surface area contributed by atoms with Crippen molar-refractivity contribution in [2.24, 2.45) is 5.73 Å². The van der Waals surface area contributed by atoms with Crippen molar-refractivity contribution in [1.29, 1.82) is 0 Å². The van der Waals surface area contributed by atoms with Crippen LogP contribution in [0.4, 0.5) is 8.78 Å². The molecule has 0 aliphatic heterocycles. The molecule has 0 saturated heterocycles. The first-order chi connectivity index (χ1) is 7.72. The molecule has 1 aromatic carbocycles. The molecule has 84 valence electrons. The number of hydrogen-bond acceptors (Lipinski definition) is 2. The first-order valence-corrected chi connectivity index (χ1v) is 4.90. The second-order valence-corrected chi connectivity index (χ2v) is 3.43. The molecule has 2 rings (SSSR count). The number of nitrogens with one attached hydrogen (secondary N) is 1. The van der Waals surface area contributed by atoms with Crippen molar-refractivity contribution in [2.45, 2.75) is 6.42 Å². The number of aromatic amines is 1. The molecular formula is C11H11F2N3. The molecule has 1 aromatic heterocycles. The summed E-state index contributed by atoms with van der Waals surface area (Å²) in [7, 11) is 0. The van der Waals surface area contributed by atoms with E-state index in [0.29, 0.717) is 24.2 Å². The van der Waals surface area contributed by atoms with Gasteiger partial charge in [-0.15, -0.1) is 0 Å². The lowest BCUT2D eigenvalue weighted by molar-refractivity contribution is 0.585. The second kappa shape index (κ2) is 4.40. The molecule has 0 bridgehead atoms. The summed E-state index contributed by atoms with van der Waals surface area (Å²) in [6, 6.07) is 3.45. The monoisotopic (exact) mass is 223 g/mol. The van der Waals surface area contributed by atoms with Gasteiger partial charge < -0.3 is 5.73 Å². The van der Waals surface area contributed by atoms with Crippen LogP contribution < -0.4 is 5.73 Å². The molecule has 0 radical (unpaired) electrons. The summed E-state index contributed by atoms with van der Waals surface area (Å²) >= 11 is 0. The van der Waals surface area contributed by atoms with Crippen molar-refractivity contribution in [3.05, 3.63) is 41.6 Å². The van der Waals surface area contributed by atoms with Crippen molar-refractivity contribution >= 4 is 0 Å². The van der Waals surface area contributed by atoms with E-state index in [1.54, 1.807) is 6.20 Å². The Morgan fingerprint density at radius 1 is 1.31 bits per heavy atom. The van der Waals surface area contributed by atoms with Crippen LogP contribution in [0, 0.1) is 11.6 Å². The Kier molecular flexibility index (Phi) is 2.96. The Balaban J connectivity index is 2.46. The third kappa shape index (κ3) is 1.94. The lowest BCUT2D eigenvalue weighted by Crippen LogP contribution is -2.03. The molecule has 0 spiro atoms. The average Bonchev–Trinajstić information content (AvgIpc) is 2.67. The van der Waals surface area contributed by atoms with E-state index in [4.69, 9.17) is 5.73 Å². The molecule has 0 aliphatic carbocycles. The van der Waals surface area contributed by atoms with Gasteiger partial charge in [0, 0.05) is 11.6 Å². The number of halogens is 2. The van der Waals surface area contributed by atoms with E-state index in [0.717, 1.165) is 11.6 Å². The van der Waals surface area contributed by atoms with Gasteiger partial charge in [-0.25, -0.2) is 8.78 Å². The molecule has 5 heteroatoms. The van der Waals surface area contributed by atoms with E-state index in [2.05, 4.69) is 10.2 Å². The molecule has 0 aliphatic rings. The molecule has 16 heavy (non-hydrogen) atoms. The second-order valence-electron chi connectivity index (χ2n) is 3.43. The van der Waals surface area contributed by atoms with Gasteiger partial charge in [0.25, 0.3) is 0 Å². The van der Waals surface area contributed by atoms with Gasteiger partial charge in [0.1, 0.15) is 11.6 Å². The summed E-state index contributed by atoms with van der Waals surface area (Å²) in [5.41, 5.74) is 7.13. The molecule has 3 nitrogen and oxygen atoms in total. The molecule has 0 amide bonds. The van der Waals surface area contributed by atoms with Crippen molar-refractivity contribution < 1.29 is 8.78 Å². The maximum atomic E-state index is 13.5. The normalized spacial score (nSPS) is 10.7. The quantitative estimate of drug-likeness (QED) is 0.834. The smallest absolute Gasteiger partial charge is 0.135 e. The summed E-state index contributed by atoms with van der Waals surface area (Å²) in [5, 5.41) is 6.54. The minimum Gasteiger partial charge on any atom is -0.330 e. The number of H-pyrrole nitrogens is 1. The van der Waals surface area contributed by atoms with Gasteiger partial charge in [0.15, 0.2) is 0 Å². The van der Waals surface area contributed by atoms with Crippen LogP contribution in [0.3, 0.4) is 0 Å². The van der Waals surface area contributed by atoms with Crippen LogP contribution in [0.5, 0.6) is 0 Å². The molecule has 1 heterocycles. The Morgan fingerprint density at radius 2 is 2.12 bits per heavy atom. The standard InChI is InChI=1S/C11H11F2N3/c12-8-1-2-9(10(13)5-8)11-7(3-4-14)6-15-16-11/h1-2,5-6H,3-4,14H2,(H,15,16). The van der Waals surface area contributed by atoms with Crippen LogP contribution in [-0.2, 0) is 6.42 Å². The average molecular weight is 223 g/mol. The number of nitrogens with zero attached hydrogens (tertiary/aromatic N) is 1. The van der Waals surface area contributed by atoms with Gasteiger partial charge in [-0.2, -0.15) is 5.10 Å². The Bertz CT molecular complexity index is 494. The van der Waals surface area contributed by atoms with Crippen LogP contribution >= 0.6 is 0 Å². The fraction of sp³-hybridized carbons (Fsp3) is 0.182. The van der Waals surface area contributed by atoms with Crippen LogP contribution in [0.2, 0.25) is 0 Å². The van der Waals surface area contributed by atoms with Crippen molar-refractivity contribution in [1.82, 2.24) is 10.2 Å². The molecule has 0 unspecified atom stereocenters. The van der Waals surface area contributed by atoms with E-state index in [9.17, 15) is 8.78 Å². The number of benzene rings is 1. The zero-order chi connectivity index (χ0) is 11.5. The first-order valence-electron chi connectivity index (χ1n) is 4.90. The molecular weight excluding hydrogens is 212 g/mol. The number of hydrogen-bond donors (Lipinski definition) is 2. The van der Waals surface area contributed by atoms with E-state index in [1.807, 2.05) is 0 Å². The number of aromatic nitrogens is 2.